The fraction of sp³-hybridized carbons (Fsp3) is 1.00. The van der Waals surface area contributed by atoms with Gasteiger partial charge in [0.15, 0.2) is 6.29 Å². The lowest BCUT2D eigenvalue weighted by atomic mass is 9.76. The summed E-state index contributed by atoms with van der Waals surface area (Å²) in [6.07, 6.45) is 2.79. The second-order valence-electron chi connectivity index (χ2n) is 6.56. The number of methoxy groups -OCH3 is 1. The van der Waals surface area contributed by atoms with Crippen LogP contribution in [0.1, 0.15) is 40.5 Å². The Labute approximate surface area is 106 Å². The van der Waals surface area contributed by atoms with Crippen molar-refractivity contribution in [3.8, 4) is 0 Å². The van der Waals surface area contributed by atoms with E-state index in [4.69, 9.17) is 9.47 Å². The quantitative estimate of drug-likeness (QED) is 0.684. The molecule has 2 aliphatic carbocycles. The Kier molecular flexibility index (Phi) is 4.14. The van der Waals surface area contributed by atoms with Crippen LogP contribution in [-0.2, 0) is 9.47 Å². The maximum Gasteiger partial charge on any atom is 0.159 e. The van der Waals surface area contributed by atoms with Crippen molar-refractivity contribution in [2.75, 3.05) is 13.7 Å². The monoisotopic (exact) mass is 240 g/mol. The number of hydrogen-bond donors (Lipinski definition) is 0. The molecule has 6 unspecified atom stereocenters. The van der Waals surface area contributed by atoms with Crippen molar-refractivity contribution in [1.82, 2.24) is 0 Å². The lowest BCUT2D eigenvalue weighted by molar-refractivity contribution is -0.160. The molecule has 0 heterocycles. The summed E-state index contributed by atoms with van der Waals surface area (Å²) in [6.45, 7) is 10.1. The third kappa shape index (κ3) is 2.53. The Morgan fingerprint density at radius 1 is 1.12 bits per heavy atom. The van der Waals surface area contributed by atoms with E-state index < -0.39 is 0 Å². The van der Waals surface area contributed by atoms with Gasteiger partial charge in [-0.1, -0.05) is 27.7 Å². The highest BCUT2D eigenvalue weighted by molar-refractivity contribution is 4.97. The number of rotatable bonds is 5. The summed E-state index contributed by atoms with van der Waals surface area (Å²) in [7, 11) is 1.75. The zero-order chi connectivity index (χ0) is 12.6. The first-order valence-electron chi connectivity index (χ1n) is 7.19. The van der Waals surface area contributed by atoms with E-state index >= 15 is 0 Å². The lowest BCUT2D eigenvalue weighted by Crippen LogP contribution is -2.31. The number of ether oxygens (including phenoxy) is 2. The highest BCUT2D eigenvalue weighted by Gasteiger charge is 2.48. The number of fused-ring (bicyclic) bond motifs is 2. The fourth-order valence-corrected chi connectivity index (χ4v) is 4.04. The molecule has 0 aliphatic heterocycles. The van der Waals surface area contributed by atoms with Crippen molar-refractivity contribution in [2.24, 2.45) is 35.5 Å². The van der Waals surface area contributed by atoms with Crippen LogP contribution in [0.3, 0.4) is 0 Å². The SMILES string of the molecule is COC(OCC1CC2CC1C(C)C2C)C(C)C. The van der Waals surface area contributed by atoms with Crippen LogP contribution >= 0.6 is 0 Å². The van der Waals surface area contributed by atoms with E-state index in [0.29, 0.717) is 5.92 Å². The fourth-order valence-electron chi connectivity index (χ4n) is 4.04. The van der Waals surface area contributed by atoms with E-state index in [-0.39, 0.29) is 6.29 Å². The minimum Gasteiger partial charge on any atom is -0.356 e. The number of hydrogen-bond acceptors (Lipinski definition) is 2. The topological polar surface area (TPSA) is 18.5 Å². The van der Waals surface area contributed by atoms with Gasteiger partial charge in [0.2, 0.25) is 0 Å². The van der Waals surface area contributed by atoms with Gasteiger partial charge in [-0.2, -0.15) is 0 Å². The zero-order valence-corrected chi connectivity index (χ0v) is 12.0. The molecule has 0 saturated heterocycles. The second kappa shape index (κ2) is 5.27. The smallest absolute Gasteiger partial charge is 0.159 e. The first-order valence-corrected chi connectivity index (χ1v) is 7.19. The molecule has 2 heteroatoms. The molecule has 6 atom stereocenters. The summed E-state index contributed by atoms with van der Waals surface area (Å²) in [4.78, 5) is 0. The molecule has 0 amide bonds. The summed E-state index contributed by atoms with van der Waals surface area (Å²) in [5.74, 6) is 4.91. The third-order valence-electron chi connectivity index (χ3n) is 5.29. The van der Waals surface area contributed by atoms with Gasteiger partial charge >= 0.3 is 0 Å². The third-order valence-corrected chi connectivity index (χ3v) is 5.29. The Bertz CT molecular complexity index is 249. The maximum atomic E-state index is 5.95. The molecule has 2 bridgehead atoms. The molecule has 0 radical (unpaired) electrons. The van der Waals surface area contributed by atoms with E-state index in [1.54, 1.807) is 7.11 Å². The van der Waals surface area contributed by atoms with Crippen LogP contribution < -0.4 is 0 Å². The molecular formula is C15H28O2. The molecule has 2 saturated carbocycles. The van der Waals surface area contributed by atoms with Crippen LogP contribution in [0.2, 0.25) is 0 Å². The molecule has 2 aliphatic rings. The van der Waals surface area contributed by atoms with E-state index in [1.165, 1.54) is 12.8 Å². The molecule has 0 aromatic heterocycles. The van der Waals surface area contributed by atoms with Crippen LogP contribution in [-0.4, -0.2) is 20.0 Å². The average molecular weight is 240 g/mol. The standard InChI is InChI=1S/C15H28O2/c1-9(2)15(16-5)17-8-13-6-12-7-14(13)11(4)10(12)3/h9-15H,6-8H2,1-5H3. The van der Waals surface area contributed by atoms with Crippen molar-refractivity contribution in [2.45, 2.75) is 46.8 Å². The summed E-state index contributed by atoms with van der Waals surface area (Å²) < 4.78 is 11.3. The van der Waals surface area contributed by atoms with Gasteiger partial charge in [0.1, 0.15) is 0 Å². The van der Waals surface area contributed by atoms with Crippen LogP contribution in [0.5, 0.6) is 0 Å². The van der Waals surface area contributed by atoms with Gasteiger partial charge in [0.25, 0.3) is 0 Å². The largest absolute Gasteiger partial charge is 0.356 e. The van der Waals surface area contributed by atoms with Gasteiger partial charge < -0.3 is 9.47 Å². The van der Waals surface area contributed by atoms with Crippen LogP contribution in [0.25, 0.3) is 0 Å². The molecule has 2 rings (SSSR count). The van der Waals surface area contributed by atoms with Crippen molar-refractivity contribution < 1.29 is 9.47 Å². The molecular weight excluding hydrogens is 212 g/mol. The summed E-state index contributed by atoms with van der Waals surface area (Å²) in [6, 6.07) is 0. The lowest BCUT2D eigenvalue weighted by Gasteiger charge is -2.32. The molecule has 2 fully saturated rings. The summed E-state index contributed by atoms with van der Waals surface area (Å²) in [5.41, 5.74) is 0. The second-order valence-corrected chi connectivity index (χ2v) is 6.56. The van der Waals surface area contributed by atoms with Crippen LogP contribution in [0.4, 0.5) is 0 Å². The summed E-state index contributed by atoms with van der Waals surface area (Å²) in [5, 5.41) is 0. The minimum atomic E-state index is -0.0261. The molecule has 17 heavy (non-hydrogen) atoms. The van der Waals surface area contributed by atoms with Crippen molar-refractivity contribution in [3.05, 3.63) is 0 Å². The predicted molar refractivity (Wildman–Crippen MR) is 69.6 cm³/mol. The van der Waals surface area contributed by atoms with E-state index in [1.807, 2.05) is 0 Å². The molecule has 0 aromatic carbocycles. The van der Waals surface area contributed by atoms with Gasteiger partial charge in [-0.3, -0.25) is 0 Å². The van der Waals surface area contributed by atoms with Crippen LogP contribution in [0.15, 0.2) is 0 Å². The van der Waals surface area contributed by atoms with E-state index in [0.717, 1.165) is 36.2 Å². The van der Waals surface area contributed by atoms with Gasteiger partial charge in [-0.05, 0) is 42.4 Å². The Morgan fingerprint density at radius 3 is 2.29 bits per heavy atom. The molecule has 0 spiro atoms. The molecule has 0 N–H and O–H groups in total. The van der Waals surface area contributed by atoms with E-state index in [2.05, 4.69) is 27.7 Å². The van der Waals surface area contributed by atoms with Crippen molar-refractivity contribution in [3.63, 3.8) is 0 Å². The summed E-state index contributed by atoms with van der Waals surface area (Å²) >= 11 is 0. The van der Waals surface area contributed by atoms with Crippen molar-refractivity contribution >= 4 is 0 Å². The normalized spacial score (nSPS) is 42.4. The first-order chi connectivity index (χ1) is 8.04. The predicted octanol–water partition coefficient (Wildman–Crippen LogP) is 3.56. The van der Waals surface area contributed by atoms with E-state index in [9.17, 15) is 0 Å². The molecule has 0 aromatic rings. The highest BCUT2D eigenvalue weighted by Crippen LogP contribution is 2.54. The Morgan fingerprint density at radius 2 is 1.82 bits per heavy atom. The minimum absolute atomic E-state index is 0.0261. The highest BCUT2D eigenvalue weighted by atomic mass is 16.7. The molecule has 2 nitrogen and oxygen atoms in total. The molecule has 100 valence electrons. The van der Waals surface area contributed by atoms with Gasteiger partial charge in [0, 0.05) is 13.0 Å². The Hall–Kier alpha value is -0.0800. The van der Waals surface area contributed by atoms with Crippen LogP contribution in [0, 0.1) is 35.5 Å². The first kappa shape index (κ1) is 13.4. The Balaban J connectivity index is 1.82. The van der Waals surface area contributed by atoms with Gasteiger partial charge in [-0.15, -0.1) is 0 Å². The van der Waals surface area contributed by atoms with Gasteiger partial charge in [0.05, 0.1) is 6.61 Å². The van der Waals surface area contributed by atoms with Gasteiger partial charge in [-0.25, -0.2) is 0 Å². The van der Waals surface area contributed by atoms with Crippen molar-refractivity contribution in [1.29, 1.82) is 0 Å². The zero-order valence-electron chi connectivity index (χ0n) is 12.0. The maximum absolute atomic E-state index is 5.95. The average Bonchev–Trinajstić information content (AvgIpc) is 2.81.